The second-order valence-corrected chi connectivity index (χ2v) is 30.4. The van der Waals surface area contributed by atoms with Crippen LogP contribution in [-0.2, 0) is 51.4 Å². The molecule has 0 radical (unpaired) electrons. The largest absolute Gasteiger partial charge is 0.454 e. The lowest BCUT2D eigenvalue weighted by atomic mass is 9.31. The molecule has 436 valence electrons. The van der Waals surface area contributed by atoms with Crippen LogP contribution in [-0.4, -0.2) is 80.9 Å². The molecule has 5 N–H and O–H groups in total. The summed E-state index contributed by atoms with van der Waals surface area (Å²) >= 11 is 0. The molecule has 2 spiro atoms. The smallest absolute Gasteiger partial charge is 0.331 e. The van der Waals surface area contributed by atoms with Crippen molar-refractivity contribution in [1.82, 2.24) is 5.32 Å². The second kappa shape index (κ2) is 19.5. The Morgan fingerprint density at radius 2 is 1.61 bits per heavy atom. The highest BCUT2D eigenvalue weighted by Crippen LogP contribution is 2.81. The molecule has 24 atom stereocenters. The van der Waals surface area contributed by atoms with E-state index in [1.165, 1.54) is 42.2 Å². The Hall–Kier alpha value is -4.58. The number of hydrogen-bond acceptors (Lipinski definition) is 9. The van der Waals surface area contributed by atoms with E-state index in [0.29, 0.717) is 81.5 Å². The maximum Gasteiger partial charge on any atom is 0.331 e. The van der Waals surface area contributed by atoms with Crippen LogP contribution in [0.25, 0.3) is 0 Å². The van der Waals surface area contributed by atoms with Crippen LogP contribution in [0.5, 0.6) is 0 Å². The number of hydrogen-bond donors (Lipinski definition) is 5. The summed E-state index contributed by atoms with van der Waals surface area (Å²) in [6.07, 6.45) is 17.8. The van der Waals surface area contributed by atoms with E-state index in [1.54, 1.807) is 6.08 Å². The average Bonchev–Trinajstić information content (AvgIpc) is 1.67. The third kappa shape index (κ3) is 7.56. The zero-order valence-corrected chi connectivity index (χ0v) is 49.0. The molecule has 0 aromatic heterocycles. The summed E-state index contributed by atoms with van der Waals surface area (Å²) in [5, 5.41) is 60.3. The fourth-order valence-corrected chi connectivity index (χ4v) is 24.4. The van der Waals surface area contributed by atoms with Gasteiger partial charge in [-0.05, 0) is 228 Å². The zero-order valence-electron chi connectivity index (χ0n) is 49.0. The Morgan fingerprint density at radius 1 is 0.807 bits per heavy atom. The molecule has 1 saturated heterocycles. The van der Waals surface area contributed by atoms with Gasteiger partial charge in [0.05, 0.1) is 35.4 Å². The van der Waals surface area contributed by atoms with Crippen molar-refractivity contribution >= 4 is 12.3 Å². The number of aldehydes is 1. The van der Waals surface area contributed by atoms with Gasteiger partial charge in [-0.1, -0.05) is 91.4 Å². The van der Waals surface area contributed by atoms with E-state index in [2.05, 4.69) is 90.5 Å². The van der Waals surface area contributed by atoms with Gasteiger partial charge >= 0.3 is 5.97 Å². The molecule has 24 unspecified atom stereocenters. The number of rotatable bonds is 5. The standard InChI is InChI=1S/C74H87NO8/c1-43-49-21-20-47(28-49)26-45-13-8-14-46(25-45)29-58-33-56-31-54-36-69(56)41-71(42-77)67-52(18-10-17-51(54)27-44-11-4-3-5-12-44)37-70-24-7-6-15-48-16-9-19-53(40-76)59(48)34-63(75-2)60-32-55(65(70)61-35-64(78)83-66(60)61)38-73(70,80)72(67,79)39-57-30-50(43)22-23-62(68(69)82-58)74(57,71)81/h3-5,8-9,11-14,16,19,25,35,42-43,47,49-52,54-58,60,62-63,65-68,75-76,79-81H,7,17,20-24,26-34,36-41H2,1-2H3. The first-order valence-electron chi connectivity index (χ1n) is 32.9. The fraction of sp³-hybridized carbons (Fsp3) is 0.649. The number of esters is 1. The van der Waals surface area contributed by atoms with Crippen molar-refractivity contribution in [1.29, 1.82) is 0 Å². The summed E-state index contributed by atoms with van der Waals surface area (Å²) in [7, 11) is 1.97. The van der Waals surface area contributed by atoms with Gasteiger partial charge in [0.15, 0.2) is 0 Å². The molecule has 14 aliphatic rings. The monoisotopic (exact) mass is 1120 g/mol. The summed E-state index contributed by atoms with van der Waals surface area (Å²) in [5.41, 5.74) is -0.328. The number of carbonyl (C=O) groups is 2. The lowest BCUT2D eigenvalue weighted by molar-refractivity contribution is -0.372. The van der Waals surface area contributed by atoms with Gasteiger partial charge in [0.25, 0.3) is 0 Å². The van der Waals surface area contributed by atoms with Crippen LogP contribution in [0.1, 0.15) is 149 Å². The van der Waals surface area contributed by atoms with E-state index >= 15 is 20.1 Å². The lowest BCUT2D eigenvalue weighted by Gasteiger charge is -2.75. The van der Waals surface area contributed by atoms with Crippen molar-refractivity contribution in [3.63, 3.8) is 0 Å². The highest BCUT2D eigenvalue weighted by Gasteiger charge is 2.86. The quantitative estimate of drug-likeness (QED) is 0.0958. The molecular weight excluding hydrogens is 1030 g/mol. The number of aliphatic hydroxyl groups excluding tert-OH is 1. The summed E-state index contributed by atoms with van der Waals surface area (Å²) in [4.78, 5) is 30.1. The molecule has 9 nitrogen and oxygen atoms in total. The van der Waals surface area contributed by atoms with Crippen molar-refractivity contribution < 1.29 is 39.5 Å². The predicted octanol–water partition coefficient (Wildman–Crippen LogP) is 10.1. The first-order chi connectivity index (χ1) is 40.2. The first-order valence-corrected chi connectivity index (χ1v) is 32.9. The average molecular weight is 1120 g/mol. The molecule has 83 heavy (non-hydrogen) atoms. The van der Waals surface area contributed by atoms with E-state index in [9.17, 15) is 9.90 Å². The van der Waals surface area contributed by atoms with Crippen LogP contribution in [0.2, 0.25) is 0 Å². The van der Waals surface area contributed by atoms with E-state index in [1.807, 2.05) is 25.2 Å². The third-order valence-electron chi connectivity index (χ3n) is 27.4. The minimum atomic E-state index is -1.85. The molecule has 15 bridgehead atoms. The van der Waals surface area contributed by atoms with Gasteiger partial charge in [-0.2, -0.15) is 0 Å². The SMILES string of the molecule is CNC1Cc2c(cccc2CO)C#CCCC23CC4C#CCC(Cc5ccccc5)C5CC6CC7Cc8cccc(c8)CC8CCC(C8)C(C)C8CCC9C(O7)C6(C5)CC5(C=O)C4C(O)(CC(C8)C95O)C2(O)CC2CC1C1OC(=O)C=C1C23. The van der Waals surface area contributed by atoms with Crippen molar-refractivity contribution in [2.45, 2.75) is 190 Å². The van der Waals surface area contributed by atoms with Crippen molar-refractivity contribution in [3.8, 4) is 23.7 Å². The van der Waals surface area contributed by atoms with Crippen LogP contribution < -0.4 is 5.32 Å². The van der Waals surface area contributed by atoms with Crippen molar-refractivity contribution in [3.05, 3.63) is 118 Å². The summed E-state index contributed by atoms with van der Waals surface area (Å²) in [5.74, 6) is 14.5. The first kappa shape index (κ1) is 53.9. The van der Waals surface area contributed by atoms with E-state index in [-0.39, 0.29) is 78.7 Å². The highest BCUT2D eigenvalue weighted by atomic mass is 16.5. The Balaban J connectivity index is 0.920. The number of aliphatic hydroxyl groups is 4. The van der Waals surface area contributed by atoms with Crippen LogP contribution in [0.15, 0.2) is 84.4 Å². The molecule has 3 aromatic rings. The molecule has 0 amide bonds. The molecule has 11 aliphatic carbocycles. The van der Waals surface area contributed by atoms with Gasteiger partial charge in [-0.3, -0.25) is 0 Å². The van der Waals surface area contributed by atoms with E-state index in [4.69, 9.17) is 9.47 Å². The fourth-order valence-electron chi connectivity index (χ4n) is 24.4. The Labute approximate surface area is 491 Å². The molecule has 17 rings (SSSR count). The minimum Gasteiger partial charge on any atom is -0.454 e. The van der Waals surface area contributed by atoms with E-state index < -0.39 is 56.9 Å². The molecule has 9 heteroatoms. The van der Waals surface area contributed by atoms with Crippen molar-refractivity contribution in [2.75, 3.05) is 7.05 Å². The van der Waals surface area contributed by atoms with Gasteiger partial charge in [-0.25, -0.2) is 4.79 Å². The molecule has 9 fully saturated rings. The summed E-state index contributed by atoms with van der Waals surface area (Å²) < 4.78 is 14.5. The maximum absolute atomic E-state index is 16.0. The van der Waals surface area contributed by atoms with Gasteiger partial charge in [0, 0.05) is 65.0 Å². The lowest BCUT2D eigenvalue weighted by Crippen LogP contribution is -2.84. The predicted molar refractivity (Wildman–Crippen MR) is 315 cm³/mol. The van der Waals surface area contributed by atoms with E-state index in [0.717, 1.165) is 73.6 Å². The summed E-state index contributed by atoms with van der Waals surface area (Å²) in [6, 6.07) is 26.2. The zero-order chi connectivity index (χ0) is 56.4. The number of likely N-dealkylation sites (N-methyl/N-ethyl adjacent to an activating group) is 1. The topological polar surface area (TPSA) is 146 Å². The normalized spacial score (nSPS) is 48.3. The van der Waals surface area contributed by atoms with Crippen molar-refractivity contribution in [2.24, 2.45) is 99.1 Å². The Kier molecular flexibility index (Phi) is 12.6. The van der Waals surface area contributed by atoms with Crippen LogP contribution in [0.3, 0.4) is 0 Å². The van der Waals surface area contributed by atoms with Gasteiger partial charge < -0.3 is 40.0 Å². The minimum absolute atomic E-state index is 0.0319. The molecule has 3 heterocycles. The number of benzene rings is 3. The second-order valence-electron chi connectivity index (χ2n) is 30.4. The Bertz CT molecular complexity index is 3280. The van der Waals surface area contributed by atoms with Gasteiger partial charge in [-0.15, -0.1) is 5.92 Å². The van der Waals surface area contributed by atoms with Crippen LogP contribution >= 0.6 is 0 Å². The van der Waals surface area contributed by atoms with Crippen LogP contribution in [0, 0.1) is 123 Å². The number of carbonyl (C=O) groups excluding carboxylic acids is 2. The number of ether oxygens (including phenoxy) is 2. The highest BCUT2D eigenvalue weighted by molar-refractivity contribution is 5.86. The summed E-state index contributed by atoms with van der Waals surface area (Å²) in [6.45, 7) is 2.38. The molecule has 8 saturated carbocycles. The Morgan fingerprint density at radius 3 is 2.45 bits per heavy atom. The number of fused-ring (bicyclic) bond motifs is 12. The number of nitrogens with one attached hydrogen (secondary N) is 1. The van der Waals surface area contributed by atoms with Gasteiger partial charge in [0.2, 0.25) is 0 Å². The molecule has 3 aromatic carbocycles. The molecule has 3 aliphatic heterocycles. The van der Waals surface area contributed by atoms with Gasteiger partial charge in [0.1, 0.15) is 18.0 Å². The third-order valence-corrected chi connectivity index (χ3v) is 27.4. The molecular formula is C74H87NO8. The maximum atomic E-state index is 16.0. The van der Waals surface area contributed by atoms with Crippen LogP contribution in [0.4, 0.5) is 0 Å².